The van der Waals surface area contributed by atoms with Crippen LogP contribution in [0.25, 0.3) is 55.7 Å². The third-order valence-corrected chi connectivity index (χ3v) is 6.52. The number of aromatic nitrogens is 5. The van der Waals surface area contributed by atoms with Gasteiger partial charge >= 0.3 is 0 Å². The molecule has 162 valence electrons. The van der Waals surface area contributed by atoms with Gasteiger partial charge in [-0.05, 0) is 64.3 Å². The molecule has 0 saturated carbocycles. The quantitative estimate of drug-likeness (QED) is 0.290. The van der Waals surface area contributed by atoms with Crippen molar-refractivity contribution in [2.45, 2.75) is 13.5 Å². The van der Waals surface area contributed by atoms with E-state index < -0.39 is 0 Å². The average Bonchev–Trinajstić information content (AvgIpc) is 3.61. The molecule has 2 aromatic carbocycles. The van der Waals surface area contributed by atoms with Gasteiger partial charge in [-0.15, -0.1) is 0 Å². The molecule has 0 saturated heterocycles. The van der Waals surface area contributed by atoms with Crippen molar-refractivity contribution in [1.82, 2.24) is 30.5 Å². The van der Waals surface area contributed by atoms with Gasteiger partial charge in [0.25, 0.3) is 0 Å². The largest absolute Gasteiger partial charge is 0.337 e. The van der Waals surface area contributed by atoms with Crippen LogP contribution in [-0.4, -0.2) is 31.7 Å². The molecular weight excluding hydrogens is 428 g/mol. The van der Waals surface area contributed by atoms with Gasteiger partial charge in [-0.25, -0.2) is 4.98 Å². The number of nitrogens with zero attached hydrogens (tertiary/aromatic N) is 3. The number of hydrogen-bond donors (Lipinski definition) is 3. The first-order chi connectivity index (χ1) is 16.3. The van der Waals surface area contributed by atoms with Crippen molar-refractivity contribution < 1.29 is 0 Å². The van der Waals surface area contributed by atoms with Crippen LogP contribution in [0.4, 0.5) is 0 Å². The van der Waals surface area contributed by atoms with E-state index in [1.54, 1.807) is 11.3 Å². The molecule has 0 aliphatic rings. The molecule has 0 spiro atoms. The van der Waals surface area contributed by atoms with Crippen LogP contribution < -0.4 is 5.32 Å². The van der Waals surface area contributed by atoms with Crippen LogP contribution in [0.15, 0.2) is 71.7 Å². The van der Waals surface area contributed by atoms with Gasteiger partial charge in [0.15, 0.2) is 5.82 Å². The van der Waals surface area contributed by atoms with E-state index in [4.69, 9.17) is 4.98 Å². The van der Waals surface area contributed by atoms with Gasteiger partial charge in [0.05, 0.1) is 16.6 Å². The number of aromatic amines is 2. The zero-order valence-electron chi connectivity index (χ0n) is 18.1. The minimum atomic E-state index is 0.759. The van der Waals surface area contributed by atoms with Crippen LogP contribution in [0.1, 0.15) is 12.5 Å². The van der Waals surface area contributed by atoms with Crippen LogP contribution in [0.5, 0.6) is 0 Å². The van der Waals surface area contributed by atoms with Crippen molar-refractivity contribution in [3.05, 3.63) is 77.2 Å². The van der Waals surface area contributed by atoms with E-state index in [1.165, 1.54) is 11.1 Å². The molecule has 4 aromatic heterocycles. The summed E-state index contributed by atoms with van der Waals surface area (Å²) < 4.78 is 0. The van der Waals surface area contributed by atoms with E-state index in [0.29, 0.717) is 0 Å². The Hall–Kier alpha value is -3.81. The highest BCUT2D eigenvalue weighted by atomic mass is 32.1. The van der Waals surface area contributed by atoms with E-state index >= 15 is 0 Å². The van der Waals surface area contributed by atoms with Crippen molar-refractivity contribution in [2.24, 2.45) is 0 Å². The minimum Gasteiger partial charge on any atom is -0.337 e. The Labute approximate surface area is 194 Å². The summed E-state index contributed by atoms with van der Waals surface area (Å²) in [6, 6.07) is 16.9. The van der Waals surface area contributed by atoms with Crippen molar-refractivity contribution in [2.75, 3.05) is 6.54 Å². The molecule has 0 unspecified atom stereocenters. The maximum absolute atomic E-state index is 4.96. The van der Waals surface area contributed by atoms with Crippen molar-refractivity contribution >= 4 is 33.3 Å². The number of hydrogen-bond acceptors (Lipinski definition) is 5. The maximum atomic E-state index is 4.96. The number of nitrogens with one attached hydrogen (secondary N) is 3. The molecule has 0 atom stereocenters. The van der Waals surface area contributed by atoms with Gasteiger partial charge in [0.1, 0.15) is 5.69 Å². The van der Waals surface area contributed by atoms with Crippen LogP contribution in [0, 0.1) is 0 Å². The summed E-state index contributed by atoms with van der Waals surface area (Å²) in [6.07, 6.45) is 3.82. The van der Waals surface area contributed by atoms with Gasteiger partial charge in [0, 0.05) is 35.5 Å². The van der Waals surface area contributed by atoms with E-state index in [2.05, 4.69) is 91.7 Å². The third kappa shape index (κ3) is 3.61. The molecule has 6 rings (SSSR count). The Morgan fingerprint density at radius 1 is 0.970 bits per heavy atom. The van der Waals surface area contributed by atoms with Crippen molar-refractivity contribution in [3.63, 3.8) is 0 Å². The van der Waals surface area contributed by atoms with Crippen LogP contribution in [0.3, 0.4) is 0 Å². The molecule has 6 nitrogen and oxygen atoms in total. The Kier molecular flexibility index (Phi) is 4.97. The number of rotatable bonds is 6. The number of H-pyrrole nitrogens is 2. The lowest BCUT2D eigenvalue weighted by Gasteiger charge is -2.06. The van der Waals surface area contributed by atoms with Crippen molar-refractivity contribution in [3.8, 4) is 33.8 Å². The normalized spacial score (nSPS) is 11.5. The summed E-state index contributed by atoms with van der Waals surface area (Å²) in [4.78, 5) is 12.9. The summed E-state index contributed by atoms with van der Waals surface area (Å²) in [5.41, 5.74) is 9.41. The standard InChI is InChI=1S/C26H22N6S/c1-2-27-12-16-10-19(14-28-13-16)17-6-7-22-21(11-17)25(32-31-22)26-29-23-5-3-4-20(24(23)30-26)18-8-9-33-15-18/h3-11,13-15,27H,2,12H2,1H3,(H,29,30)(H,31,32). The molecule has 0 radical (unpaired) electrons. The van der Waals surface area contributed by atoms with Crippen LogP contribution >= 0.6 is 11.3 Å². The molecule has 3 N–H and O–H groups in total. The molecule has 0 aliphatic carbocycles. The summed E-state index contributed by atoms with van der Waals surface area (Å²) in [5, 5.41) is 16.4. The second-order valence-corrected chi connectivity index (χ2v) is 8.77. The Bertz CT molecular complexity index is 1560. The Morgan fingerprint density at radius 2 is 1.94 bits per heavy atom. The Balaban J connectivity index is 1.44. The number of benzene rings is 2. The Morgan fingerprint density at radius 3 is 2.82 bits per heavy atom. The summed E-state index contributed by atoms with van der Waals surface area (Å²) in [5.74, 6) is 0.759. The van der Waals surface area contributed by atoms with Gasteiger partial charge in [-0.2, -0.15) is 16.4 Å². The first kappa shape index (κ1) is 19.8. The number of imidazole rings is 1. The SMILES string of the molecule is CCNCc1cncc(-c2ccc3[nH]nc(-c4nc5c(-c6ccsc6)cccc5[nH]4)c3c2)c1. The maximum Gasteiger partial charge on any atom is 0.159 e. The predicted octanol–water partition coefficient (Wildman–Crippen LogP) is 6.01. The van der Waals surface area contributed by atoms with E-state index in [-0.39, 0.29) is 0 Å². The second-order valence-electron chi connectivity index (χ2n) is 7.99. The van der Waals surface area contributed by atoms with Crippen LogP contribution in [0.2, 0.25) is 0 Å². The van der Waals surface area contributed by atoms with Crippen LogP contribution in [-0.2, 0) is 6.54 Å². The molecule has 0 amide bonds. The molecule has 0 fully saturated rings. The first-order valence-electron chi connectivity index (χ1n) is 10.9. The highest BCUT2D eigenvalue weighted by Crippen LogP contribution is 2.33. The zero-order valence-corrected chi connectivity index (χ0v) is 18.9. The predicted molar refractivity (Wildman–Crippen MR) is 135 cm³/mol. The summed E-state index contributed by atoms with van der Waals surface area (Å²) in [6.45, 7) is 3.84. The molecule has 7 heteroatoms. The molecule has 33 heavy (non-hydrogen) atoms. The fourth-order valence-corrected chi connectivity index (χ4v) is 4.84. The number of fused-ring (bicyclic) bond motifs is 2. The van der Waals surface area contributed by atoms with Crippen molar-refractivity contribution in [1.29, 1.82) is 0 Å². The molecule has 0 aliphatic heterocycles. The topological polar surface area (TPSA) is 82.3 Å². The first-order valence-corrected chi connectivity index (χ1v) is 11.9. The number of para-hydroxylation sites is 1. The van der Waals surface area contributed by atoms with Gasteiger partial charge in [-0.1, -0.05) is 25.1 Å². The molecule has 6 aromatic rings. The fourth-order valence-electron chi connectivity index (χ4n) is 4.18. The molecule has 0 bridgehead atoms. The minimum absolute atomic E-state index is 0.759. The third-order valence-electron chi connectivity index (χ3n) is 5.84. The lowest BCUT2D eigenvalue weighted by atomic mass is 10.0. The monoisotopic (exact) mass is 450 g/mol. The summed E-state index contributed by atoms with van der Waals surface area (Å²) >= 11 is 1.69. The average molecular weight is 451 g/mol. The number of thiophene rings is 1. The molecular formula is C26H22N6S. The molecule has 4 heterocycles. The highest BCUT2D eigenvalue weighted by molar-refractivity contribution is 7.08. The lowest BCUT2D eigenvalue weighted by molar-refractivity contribution is 0.724. The second kappa shape index (κ2) is 8.27. The number of pyridine rings is 1. The van der Waals surface area contributed by atoms with E-state index in [9.17, 15) is 0 Å². The highest BCUT2D eigenvalue weighted by Gasteiger charge is 2.16. The zero-order chi connectivity index (χ0) is 22.2. The fraction of sp³-hybridized carbons (Fsp3) is 0.115. The summed E-state index contributed by atoms with van der Waals surface area (Å²) in [7, 11) is 0. The lowest BCUT2D eigenvalue weighted by Crippen LogP contribution is -2.11. The van der Waals surface area contributed by atoms with E-state index in [0.717, 1.165) is 63.2 Å². The van der Waals surface area contributed by atoms with Gasteiger partial charge in [0.2, 0.25) is 0 Å². The van der Waals surface area contributed by atoms with E-state index in [1.807, 2.05) is 12.4 Å². The van der Waals surface area contributed by atoms with Gasteiger partial charge < -0.3 is 10.3 Å². The van der Waals surface area contributed by atoms with Gasteiger partial charge in [-0.3, -0.25) is 10.1 Å². The smallest absolute Gasteiger partial charge is 0.159 e.